The topological polar surface area (TPSA) is 92.3 Å². The molecule has 0 aliphatic carbocycles. The van der Waals surface area contributed by atoms with E-state index < -0.39 is 0 Å². The highest BCUT2D eigenvalue weighted by Gasteiger charge is 2.13. The maximum absolute atomic E-state index is 12.8. The predicted molar refractivity (Wildman–Crippen MR) is 164 cm³/mol. The standard InChI is InChI=1S/C32H37N7O/c1-37(2)20-10-22-39(25-11-4-3-5-12-25)26-17-15-24(16-18-26)32(40)34-19-8-9-21-38-23-35-29-30(38)27-13-6-7-14-28(27)36-31(29)33/h3-7,11-18,23H,8-10,19-22H2,1-2H3,(H2,33,36)(H,34,40). The van der Waals surface area contributed by atoms with Gasteiger partial charge in [0.1, 0.15) is 5.52 Å². The van der Waals surface area contributed by atoms with E-state index in [1.54, 1.807) is 0 Å². The van der Waals surface area contributed by atoms with Crippen LogP contribution in [0.4, 0.5) is 17.2 Å². The van der Waals surface area contributed by atoms with Gasteiger partial charge in [-0.25, -0.2) is 9.97 Å². The normalized spacial score (nSPS) is 11.4. The predicted octanol–water partition coefficient (Wildman–Crippen LogP) is 5.47. The summed E-state index contributed by atoms with van der Waals surface area (Å²) in [5, 5.41) is 4.11. The van der Waals surface area contributed by atoms with Gasteiger partial charge in [0.05, 0.1) is 17.4 Å². The summed E-state index contributed by atoms with van der Waals surface area (Å²) in [6.45, 7) is 3.32. The second kappa shape index (κ2) is 12.6. The van der Waals surface area contributed by atoms with E-state index in [0.717, 1.165) is 72.2 Å². The summed E-state index contributed by atoms with van der Waals surface area (Å²) in [6, 6.07) is 26.3. The van der Waals surface area contributed by atoms with Crippen LogP contribution < -0.4 is 16.0 Å². The van der Waals surface area contributed by atoms with E-state index in [-0.39, 0.29) is 5.91 Å². The number of imidazole rings is 1. The first-order chi connectivity index (χ1) is 19.5. The fraction of sp³-hybridized carbons (Fsp3) is 0.281. The number of pyridine rings is 1. The van der Waals surface area contributed by atoms with Crippen molar-refractivity contribution in [2.24, 2.45) is 0 Å². The Kier molecular flexibility index (Phi) is 8.56. The lowest BCUT2D eigenvalue weighted by atomic mass is 10.1. The van der Waals surface area contributed by atoms with Crippen LogP contribution in [0, 0.1) is 0 Å². The smallest absolute Gasteiger partial charge is 0.251 e. The molecule has 3 N–H and O–H groups in total. The summed E-state index contributed by atoms with van der Waals surface area (Å²) < 4.78 is 2.13. The molecule has 8 heteroatoms. The van der Waals surface area contributed by atoms with Crippen molar-refractivity contribution in [2.75, 3.05) is 44.4 Å². The molecule has 0 radical (unpaired) electrons. The number of benzene rings is 3. The van der Waals surface area contributed by atoms with Gasteiger partial charge < -0.3 is 25.4 Å². The molecule has 3 aromatic carbocycles. The first-order valence-electron chi connectivity index (χ1n) is 13.9. The number of aromatic nitrogens is 3. The second-order valence-electron chi connectivity index (χ2n) is 10.3. The van der Waals surface area contributed by atoms with Gasteiger partial charge in [0.25, 0.3) is 5.91 Å². The van der Waals surface area contributed by atoms with E-state index in [4.69, 9.17) is 5.73 Å². The summed E-state index contributed by atoms with van der Waals surface area (Å²) >= 11 is 0. The molecule has 206 valence electrons. The molecule has 0 fully saturated rings. The lowest BCUT2D eigenvalue weighted by Crippen LogP contribution is -2.25. The minimum absolute atomic E-state index is 0.0525. The van der Waals surface area contributed by atoms with Gasteiger partial charge in [0, 0.05) is 42.0 Å². The summed E-state index contributed by atoms with van der Waals surface area (Å²) in [5.41, 5.74) is 11.7. The molecule has 0 aliphatic heterocycles. The van der Waals surface area contributed by atoms with Crippen molar-refractivity contribution < 1.29 is 4.79 Å². The minimum atomic E-state index is -0.0525. The number of nitrogens with two attached hydrogens (primary N) is 1. The Bertz CT molecular complexity index is 1560. The van der Waals surface area contributed by atoms with E-state index in [2.05, 4.69) is 74.1 Å². The maximum atomic E-state index is 12.8. The first-order valence-corrected chi connectivity index (χ1v) is 13.9. The molecule has 1 amide bonds. The number of carbonyl (C=O) groups excluding carboxylic acids is 1. The highest BCUT2D eigenvalue weighted by molar-refractivity contribution is 6.06. The third-order valence-electron chi connectivity index (χ3n) is 7.09. The SMILES string of the molecule is CN(C)CCCN(c1ccccc1)c1ccc(C(=O)NCCCCn2cnc3c(N)nc4ccccc4c32)cc1. The number of nitrogens with one attached hydrogen (secondary N) is 1. The molecule has 0 atom stereocenters. The van der Waals surface area contributed by atoms with Gasteiger partial charge in [0.2, 0.25) is 0 Å². The number of fused-ring (bicyclic) bond motifs is 3. The van der Waals surface area contributed by atoms with E-state index in [1.807, 2.05) is 54.9 Å². The van der Waals surface area contributed by atoms with Gasteiger partial charge in [-0.2, -0.15) is 0 Å². The number of anilines is 3. The lowest BCUT2D eigenvalue weighted by Gasteiger charge is -2.26. The molecule has 0 aliphatic rings. The lowest BCUT2D eigenvalue weighted by molar-refractivity contribution is 0.0953. The zero-order valence-corrected chi connectivity index (χ0v) is 23.3. The van der Waals surface area contributed by atoms with Gasteiger partial charge in [-0.3, -0.25) is 4.79 Å². The zero-order valence-electron chi connectivity index (χ0n) is 23.3. The average molecular weight is 536 g/mol. The Morgan fingerprint density at radius 3 is 2.38 bits per heavy atom. The molecule has 5 rings (SSSR count). The van der Waals surface area contributed by atoms with Crippen LogP contribution in [0.25, 0.3) is 21.9 Å². The van der Waals surface area contributed by atoms with Crippen LogP contribution >= 0.6 is 0 Å². The molecular formula is C32H37N7O. The molecule has 0 unspecified atom stereocenters. The fourth-order valence-corrected chi connectivity index (χ4v) is 5.04. The number of unbranched alkanes of at least 4 members (excludes halogenated alkanes) is 1. The van der Waals surface area contributed by atoms with Crippen LogP contribution in [0.5, 0.6) is 0 Å². The van der Waals surface area contributed by atoms with Crippen molar-refractivity contribution in [1.29, 1.82) is 0 Å². The second-order valence-corrected chi connectivity index (χ2v) is 10.3. The number of aryl methyl sites for hydroxylation is 1. The minimum Gasteiger partial charge on any atom is -0.382 e. The third kappa shape index (κ3) is 6.24. The Labute approximate surface area is 235 Å². The number of hydrogen-bond donors (Lipinski definition) is 2. The molecule has 0 bridgehead atoms. The van der Waals surface area contributed by atoms with Gasteiger partial charge in [0.15, 0.2) is 5.82 Å². The van der Waals surface area contributed by atoms with Crippen molar-refractivity contribution >= 4 is 45.0 Å². The molecule has 2 aromatic heterocycles. The number of para-hydroxylation sites is 2. The van der Waals surface area contributed by atoms with Crippen molar-refractivity contribution in [3.63, 3.8) is 0 Å². The Hall–Kier alpha value is -4.43. The van der Waals surface area contributed by atoms with Crippen molar-refractivity contribution in [3.8, 4) is 0 Å². The summed E-state index contributed by atoms with van der Waals surface area (Å²) in [7, 11) is 4.19. The van der Waals surface area contributed by atoms with E-state index in [9.17, 15) is 4.79 Å². The van der Waals surface area contributed by atoms with Gasteiger partial charge in [-0.05, 0) is 82.4 Å². The monoisotopic (exact) mass is 535 g/mol. The van der Waals surface area contributed by atoms with Crippen LogP contribution in [0.2, 0.25) is 0 Å². The largest absolute Gasteiger partial charge is 0.382 e. The number of carbonyl (C=O) groups is 1. The van der Waals surface area contributed by atoms with E-state index in [1.165, 1.54) is 0 Å². The summed E-state index contributed by atoms with van der Waals surface area (Å²) in [4.78, 5) is 26.3. The molecule has 40 heavy (non-hydrogen) atoms. The summed E-state index contributed by atoms with van der Waals surface area (Å²) in [6.07, 6.45) is 4.63. The van der Waals surface area contributed by atoms with Gasteiger partial charge >= 0.3 is 0 Å². The van der Waals surface area contributed by atoms with E-state index >= 15 is 0 Å². The van der Waals surface area contributed by atoms with Crippen molar-refractivity contribution in [3.05, 3.63) is 90.8 Å². The number of rotatable bonds is 12. The highest BCUT2D eigenvalue weighted by atomic mass is 16.1. The Morgan fingerprint density at radius 1 is 0.875 bits per heavy atom. The molecule has 0 spiro atoms. The van der Waals surface area contributed by atoms with Crippen LogP contribution in [0.3, 0.4) is 0 Å². The van der Waals surface area contributed by atoms with Gasteiger partial charge in [-0.1, -0.05) is 36.4 Å². The molecule has 5 aromatic rings. The fourth-order valence-electron chi connectivity index (χ4n) is 5.04. The van der Waals surface area contributed by atoms with Crippen LogP contribution in [0.15, 0.2) is 85.2 Å². The Morgan fingerprint density at radius 2 is 1.60 bits per heavy atom. The molecule has 0 saturated carbocycles. The van der Waals surface area contributed by atoms with Crippen molar-refractivity contribution in [2.45, 2.75) is 25.8 Å². The Balaban J connectivity index is 1.16. The molecule has 0 saturated heterocycles. The number of nitrogens with zero attached hydrogens (tertiary/aromatic N) is 5. The molecule has 2 heterocycles. The number of nitrogen functional groups attached to an aromatic ring is 1. The zero-order chi connectivity index (χ0) is 27.9. The van der Waals surface area contributed by atoms with Crippen molar-refractivity contribution in [1.82, 2.24) is 24.8 Å². The van der Waals surface area contributed by atoms with Gasteiger partial charge in [-0.15, -0.1) is 0 Å². The average Bonchev–Trinajstić information content (AvgIpc) is 3.40. The molecule has 8 nitrogen and oxygen atoms in total. The maximum Gasteiger partial charge on any atom is 0.251 e. The highest BCUT2D eigenvalue weighted by Crippen LogP contribution is 2.28. The van der Waals surface area contributed by atoms with E-state index in [0.29, 0.717) is 17.9 Å². The van der Waals surface area contributed by atoms with Crippen LogP contribution in [-0.4, -0.2) is 59.1 Å². The quantitative estimate of drug-likeness (QED) is 0.206. The first kappa shape index (κ1) is 27.1. The molecular weight excluding hydrogens is 498 g/mol. The third-order valence-corrected chi connectivity index (χ3v) is 7.09. The van der Waals surface area contributed by atoms with Crippen LogP contribution in [-0.2, 0) is 6.54 Å². The summed E-state index contributed by atoms with van der Waals surface area (Å²) in [5.74, 6) is 0.398. The van der Waals surface area contributed by atoms with Crippen LogP contribution in [0.1, 0.15) is 29.6 Å². The number of hydrogen-bond acceptors (Lipinski definition) is 6. The number of amides is 1.